The van der Waals surface area contributed by atoms with E-state index in [1.807, 2.05) is 0 Å². The molecule has 0 atom stereocenters. The Kier molecular flexibility index (Phi) is 7.58. The first-order valence-corrected chi connectivity index (χ1v) is 6.43. The molecule has 0 radical (unpaired) electrons. The summed E-state index contributed by atoms with van der Waals surface area (Å²) in [5, 5.41) is 3.39. The summed E-state index contributed by atoms with van der Waals surface area (Å²) in [5.41, 5.74) is 0.868. The molecule has 20 heavy (non-hydrogen) atoms. The van der Waals surface area contributed by atoms with Gasteiger partial charge in [-0.3, -0.25) is 0 Å². The van der Waals surface area contributed by atoms with Crippen LogP contribution in [0.3, 0.4) is 0 Å². The molecule has 0 aliphatic heterocycles. The first kappa shape index (κ1) is 16.9. The zero-order valence-corrected chi connectivity index (χ0v) is 12.2. The van der Waals surface area contributed by atoms with Crippen LogP contribution in [-0.4, -0.2) is 40.4 Å². The lowest BCUT2D eigenvalue weighted by Gasteiger charge is -2.14. The summed E-state index contributed by atoms with van der Waals surface area (Å²) in [6.45, 7) is 1.14. The summed E-state index contributed by atoms with van der Waals surface area (Å²) < 4.78 is 39.4. The van der Waals surface area contributed by atoms with Gasteiger partial charge in [0.1, 0.15) is 6.61 Å². The average molecular weight is 310 g/mol. The molecule has 0 bridgehead atoms. The van der Waals surface area contributed by atoms with E-state index in [9.17, 15) is 8.78 Å². The topological polar surface area (TPSA) is 39.7 Å². The van der Waals surface area contributed by atoms with Gasteiger partial charge in [-0.05, 0) is 17.7 Å². The normalized spacial score (nSPS) is 10.9. The van der Waals surface area contributed by atoms with E-state index in [1.165, 1.54) is 7.11 Å². The molecule has 7 heteroatoms. The minimum atomic E-state index is -2.56. The molecule has 0 aromatic heterocycles. The number of hydrogen-bond donors (Lipinski definition) is 1. The highest BCUT2D eigenvalue weighted by atomic mass is 35.5. The fourth-order valence-electron chi connectivity index (χ4n) is 1.57. The van der Waals surface area contributed by atoms with E-state index >= 15 is 0 Å². The summed E-state index contributed by atoms with van der Waals surface area (Å²) in [6, 6.07) is 3.36. The maximum Gasteiger partial charge on any atom is 0.272 e. The van der Waals surface area contributed by atoms with E-state index < -0.39 is 13.0 Å². The summed E-state index contributed by atoms with van der Waals surface area (Å²) >= 11 is 6.03. The predicted octanol–water partition coefficient (Wildman–Crippen LogP) is 2.73. The molecule has 1 aromatic carbocycles. The Bertz CT molecular complexity index is 419. The van der Waals surface area contributed by atoms with Crippen molar-refractivity contribution in [3.05, 3.63) is 22.7 Å². The van der Waals surface area contributed by atoms with Gasteiger partial charge in [-0.1, -0.05) is 11.6 Å². The second-order valence-corrected chi connectivity index (χ2v) is 4.39. The van der Waals surface area contributed by atoms with Gasteiger partial charge < -0.3 is 19.5 Å². The molecule has 0 heterocycles. The molecule has 1 aromatic rings. The Morgan fingerprint density at radius 3 is 2.65 bits per heavy atom. The van der Waals surface area contributed by atoms with E-state index in [0.29, 0.717) is 25.4 Å². The highest BCUT2D eigenvalue weighted by Crippen LogP contribution is 2.36. The number of nitrogens with one attached hydrogen (secondary N) is 1. The highest BCUT2D eigenvalue weighted by Gasteiger charge is 2.14. The van der Waals surface area contributed by atoms with Crippen LogP contribution < -0.4 is 14.8 Å². The fourth-order valence-corrected chi connectivity index (χ4v) is 1.86. The van der Waals surface area contributed by atoms with Gasteiger partial charge in [0.05, 0.1) is 18.7 Å². The van der Waals surface area contributed by atoms with E-state index in [-0.39, 0.29) is 10.8 Å². The molecule has 0 aliphatic carbocycles. The van der Waals surface area contributed by atoms with Crippen molar-refractivity contribution in [3.8, 4) is 11.5 Å². The Balaban J connectivity index is 2.73. The fraction of sp³-hybridized carbons (Fsp3) is 0.538. The van der Waals surface area contributed by atoms with E-state index in [1.54, 1.807) is 19.2 Å². The molecule has 0 saturated carbocycles. The zero-order valence-electron chi connectivity index (χ0n) is 11.4. The van der Waals surface area contributed by atoms with Crippen LogP contribution in [0.4, 0.5) is 8.78 Å². The van der Waals surface area contributed by atoms with Crippen LogP contribution in [-0.2, 0) is 11.3 Å². The van der Waals surface area contributed by atoms with Gasteiger partial charge in [0.25, 0.3) is 6.43 Å². The summed E-state index contributed by atoms with van der Waals surface area (Å²) in [5.74, 6) is 0.469. The van der Waals surface area contributed by atoms with Gasteiger partial charge >= 0.3 is 0 Å². The second kappa shape index (κ2) is 8.94. The van der Waals surface area contributed by atoms with Crippen LogP contribution in [0.25, 0.3) is 0 Å². The van der Waals surface area contributed by atoms with Crippen molar-refractivity contribution < 1.29 is 23.0 Å². The zero-order chi connectivity index (χ0) is 15.0. The number of alkyl halides is 2. The molecule has 1 rings (SSSR count). The maximum absolute atomic E-state index is 12.2. The van der Waals surface area contributed by atoms with Crippen molar-refractivity contribution in [2.45, 2.75) is 13.0 Å². The summed E-state index contributed by atoms with van der Waals surface area (Å²) in [4.78, 5) is 0. The van der Waals surface area contributed by atoms with Crippen molar-refractivity contribution in [1.29, 1.82) is 0 Å². The SMILES string of the molecule is COCCNCc1cc(Cl)c(OCC(F)F)c(OC)c1. The Morgan fingerprint density at radius 1 is 1.30 bits per heavy atom. The quantitative estimate of drug-likeness (QED) is 0.712. The number of halogens is 3. The van der Waals surface area contributed by atoms with Crippen LogP contribution in [0.2, 0.25) is 5.02 Å². The van der Waals surface area contributed by atoms with Crippen molar-refractivity contribution >= 4 is 11.6 Å². The molecule has 0 spiro atoms. The number of benzene rings is 1. The minimum Gasteiger partial charge on any atom is -0.493 e. The van der Waals surface area contributed by atoms with Crippen LogP contribution in [0.5, 0.6) is 11.5 Å². The largest absolute Gasteiger partial charge is 0.493 e. The third-order valence-corrected chi connectivity index (χ3v) is 2.74. The third-order valence-electron chi connectivity index (χ3n) is 2.45. The molecule has 0 fully saturated rings. The average Bonchev–Trinajstić information content (AvgIpc) is 2.41. The first-order chi connectivity index (χ1) is 9.58. The van der Waals surface area contributed by atoms with Crippen LogP contribution in [0, 0.1) is 0 Å². The monoisotopic (exact) mass is 309 g/mol. The van der Waals surface area contributed by atoms with Gasteiger partial charge in [0.15, 0.2) is 11.5 Å². The molecular weight excluding hydrogens is 292 g/mol. The number of rotatable bonds is 9. The van der Waals surface area contributed by atoms with Gasteiger partial charge in [0.2, 0.25) is 0 Å². The van der Waals surface area contributed by atoms with E-state index in [4.69, 9.17) is 25.8 Å². The van der Waals surface area contributed by atoms with Crippen molar-refractivity contribution in [1.82, 2.24) is 5.32 Å². The lowest BCUT2D eigenvalue weighted by molar-refractivity contribution is 0.0805. The summed E-state index contributed by atoms with van der Waals surface area (Å²) in [7, 11) is 3.06. The summed E-state index contributed by atoms with van der Waals surface area (Å²) in [6.07, 6.45) is -2.56. The third kappa shape index (κ3) is 5.48. The molecule has 0 aliphatic rings. The molecule has 0 amide bonds. The van der Waals surface area contributed by atoms with Gasteiger partial charge in [-0.2, -0.15) is 0 Å². The van der Waals surface area contributed by atoms with Crippen molar-refractivity contribution in [2.24, 2.45) is 0 Å². The lowest BCUT2D eigenvalue weighted by Crippen LogP contribution is -2.18. The van der Waals surface area contributed by atoms with Gasteiger partial charge in [-0.25, -0.2) is 8.78 Å². The van der Waals surface area contributed by atoms with Crippen molar-refractivity contribution in [3.63, 3.8) is 0 Å². The maximum atomic E-state index is 12.2. The Labute approximate surface area is 122 Å². The second-order valence-electron chi connectivity index (χ2n) is 3.98. The van der Waals surface area contributed by atoms with E-state index in [2.05, 4.69) is 5.32 Å². The minimum absolute atomic E-state index is 0.134. The molecular formula is C13H18ClF2NO3. The number of methoxy groups -OCH3 is 2. The molecule has 114 valence electrons. The molecule has 1 N–H and O–H groups in total. The van der Waals surface area contributed by atoms with Crippen molar-refractivity contribution in [2.75, 3.05) is 34.0 Å². The van der Waals surface area contributed by atoms with Gasteiger partial charge in [0, 0.05) is 20.2 Å². The smallest absolute Gasteiger partial charge is 0.272 e. The highest BCUT2D eigenvalue weighted by molar-refractivity contribution is 6.32. The first-order valence-electron chi connectivity index (χ1n) is 6.05. The van der Waals surface area contributed by atoms with Crippen LogP contribution >= 0.6 is 11.6 Å². The Morgan fingerprint density at radius 2 is 2.05 bits per heavy atom. The lowest BCUT2D eigenvalue weighted by atomic mass is 10.2. The standard InChI is InChI=1S/C13H18ClF2NO3/c1-18-4-3-17-7-9-5-10(14)13(11(6-9)19-2)20-8-12(15)16/h5-6,12,17H,3-4,7-8H2,1-2H3. The predicted molar refractivity (Wildman–Crippen MR) is 73.1 cm³/mol. The molecule has 0 saturated heterocycles. The van der Waals surface area contributed by atoms with E-state index in [0.717, 1.165) is 5.56 Å². The molecule has 0 unspecified atom stereocenters. The van der Waals surface area contributed by atoms with Crippen LogP contribution in [0.1, 0.15) is 5.56 Å². The number of ether oxygens (including phenoxy) is 3. The molecule has 4 nitrogen and oxygen atoms in total. The Hall–Kier alpha value is -1.11. The van der Waals surface area contributed by atoms with Gasteiger partial charge in [-0.15, -0.1) is 0 Å². The van der Waals surface area contributed by atoms with Crippen LogP contribution in [0.15, 0.2) is 12.1 Å². The number of hydrogen-bond acceptors (Lipinski definition) is 4.